The number of aromatic nitrogens is 2. The highest BCUT2D eigenvalue weighted by atomic mass is 35.5. The lowest BCUT2D eigenvalue weighted by Gasteiger charge is -2.19. The first kappa shape index (κ1) is 20.9. The van der Waals surface area contributed by atoms with Gasteiger partial charge in [0, 0.05) is 22.5 Å². The second-order valence-corrected chi connectivity index (χ2v) is 7.86. The lowest BCUT2D eigenvalue weighted by Crippen LogP contribution is -2.37. The molecule has 0 bridgehead atoms. The van der Waals surface area contributed by atoms with Gasteiger partial charge in [0.1, 0.15) is 5.75 Å². The number of nitrogens with one attached hydrogen (secondary N) is 1. The average Bonchev–Trinajstić information content (AvgIpc) is 3.41. The second kappa shape index (κ2) is 8.77. The third kappa shape index (κ3) is 4.39. The summed E-state index contributed by atoms with van der Waals surface area (Å²) in [6, 6.07) is 13.8. The maximum Gasteiger partial charge on any atom is 0.255 e. The number of carbonyl (C=O) groups is 2. The molecule has 8 nitrogen and oxygen atoms in total. The Kier molecular flexibility index (Phi) is 5.90. The van der Waals surface area contributed by atoms with Gasteiger partial charge in [-0.05, 0) is 31.0 Å². The van der Waals surface area contributed by atoms with Crippen LogP contribution in [0.25, 0.3) is 11.4 Å². The van der Waals surface area contributed by atoms with E-state index < -0.39 is 17.9 Å². The van der Waals surface area contributed by atoms with Crippen LogP contribution in [0.3, 0.4) is 0 Å². The molecular formula is C22H21ClN4O4. The quantitative estimate of drug-likeness (QED) is 0.607. The van der Waals surface area contributed by atoms with Gasteiger partial charge in [0.2, 0.25) is 17.6 Å². The fourth-order valence-electron chi connectivity index (χ4n) is 3.90. The van der Waals surface area contributed by atoms with Crippen molar-refractivity contribution in [2.75, 3.05) is 7.11 Å². The monoisotopic (exact) mass is 440 g/mol. The van der Waals surface area contributed by atoms with Crippen molar-refractivity contribution < 1.29 is 18.8 Å². The number of rotatable bonds is 6. The van der Waals surface area contributed by atoms with Crippen LogP contribution in [0.4, 0.5) is 0 Å². The number of hydrogen-bond donors (Lipinski definition) is 2. The van der Waals surface area contributed by atoms with Crippen molar-refractivity contribution in [3.05, 3.63) is 65.0 Å². The average molecular weight is 441 g/mol. The summed E-state index contributed by atoms with van der Waals surface area (Å²) in [7, 11) is 1.48. The van der Waals surface area contributed by atoms with Gasteiger partial charge in [0.15, 0.2) is 0 Å². The molecule has 3 atom stereocenters. The number of hydrogen-bond acceptors (Lipinski definition) is 6. The number of primary amides is 1. The maximum atomic E-state index is 13.0. The van der Waals surface area contributed by atoms with Crippen LogP contribution in [-0.2, 0) is 4.79 Å². The van der Waals surface area contributed by atoms with Crippen molar-refractivity contribution in [2.45, 2.75) is 24.8 Å². The van der Waals surface area contributed by atoms with Gasteiger partial charge in [0.05, 0.1) is 18.6 Å². The van der Waals surface area contributed by atoms with E-state index in [4.69, 9.17) is 26.6 Å². The minimum Gasteiger partial charge on any atom is -0.496 e. The smallest absolute Gasteiger partial charge is 0.255 e. The van der Waals surface area contributed by atoms with Gasteiger partial charge in [-0.1, -0.05) is 47.1 Å². The first-order chi connectivity index (χ1) is 15.0. The Labute approximate surface area is 183 Å². The molecule has 4 rings (SSSR count). The van der Waals surface area contributed by atoms with Crippen LogP contribution in [0.15, 0.2) is 53.1 Å². The van der Waals surface area contributed by atoms with Crippen LogP contribution in [0.2, 0.25) is 5.02 Å². The maximum absolute atomic E-state index is 13.0. The molecule has 3 aromatic rings. The highest BCUT2D eigenvalue weighted by molar-refractivity contribution is 6.31. The summed E-state index contributed by atoms with van der Waals surface area (Å²) in [4.78, 5) is 29.3. The van der Waals surface area contributed by atoms with Crippen molar-refractivity contribution in [1.29, 1.82) is 0 Å². The Morgan fingerprint density at radius 1 is 1.19 bits per heavy atom. The zero-order chi connectivity index (χ0) is 22.0. The van der Waals surface area contributed by atoms with E-state index in [1.165, 1.54) is 13.2 Å². The van der Waals surface area contributed by atoms with Crippen LogP contribution in [0.5, 0.6) is 5.75 Å². The molecule has 2 amide bonds. The molecule has 1 aromatic heterocycles. The van der Waals surface area contributed by atoms with E-state index in [1.54, 1.807) is 12.1 Å². The second-order valence-electron chi connectivity index (χ2n) is 7.42. The van der Waals surface area contributed by atoms with Crippen LogP contribution in [0.1, 0.15) is 35.0 Å². The Balaban J connectivity index is 1.60. The van der Waals surface area contributed by atoms with E-state index in [0.717, 1.165) is 5.56 Å². The molecule has 9 heteroatoms. The predicted molar refractivity (Wildman–Crippen MR) is 114 cm³/mol. The summed E-state index contributed by atoms with van der Waals surface area (Å²) in [5, 5.41) is 7.44. The number of amides is 2. The van der Waals surface area contributed by atoms with Gasteiger partial charge in [-0.25, -0.2) is 0 Å². The molecule has 0 radical (unpaired) electrons. The summed E-state index contributed by atoms with van der Waals surface area (Å²) in [6.45, 7) is 0. The molecule has 31 heavy (non-hydrogen) atoms. The fraction of sp³-hybridized carbons (Fsp3) is 0.273. The number of methoxy groups -OCH3 is 1. The summed E-state index contributed by atoms with van der Waals surface area (Å²) in [6.07, 6.45) is 0.779. The minimum atomic E-state index is -0.426. The molecule has 0 spiro atoms. The Morgan fingerprint density at radius 2 is 1.97 bits per heavy atom. The highest BCUT2D eigenvalue weighted by Crippen LogP contribution is 2.39. The van der Waals surface area contributed by atoms with Gasteiger partial charge < -0.3 is 20.3 Å². The van der Waals surface area contributed by atoms with Crippen molar-refractivity contribution in [2.24, 2.45) is 11.7 Å². The molecule has 2 aromatic carbocycles. The van der Waals surface area contributed by atoms with Gasteiger partial charge in [0.25, 0.3) is 5.91 Å². The molecule has 3 unspecified atom stereocenters. The van der Waals surface area contributed by atoms with E-state index in [1.807, 2.05) is 30.3 Å². The lowest BCUT2D eigenvalue weighted by atomic mass is 10.0. The number of benzene rings is 2. The number of nitrogens with zero attached hydrogens (tertiary/aromatic N) is 2. The molecule has 1 fully saturated rings. The van der Waals surface area contributed by atoms with Crippen molar-refractivity contribution in [3.8, 4) is 17.1 Å². The van der Waals surface area contributed by atoms with Crippen LogP contribution in [-0.4, -0.2) is 35.1 Å². The SMILES string of the molecule is COc1ccc(Cl)cc1C(=O)NC1CC(C(N)=O)CC1c1nc(-c2ccccc2)no1. The topological polar surface area (TPSA) is 120 Å². The summed E-state index contributed by atoms with van der Waals surface area (Å²) < 4.78 is 10.8. The zero-order valence-electron chi connectivity index (χ0n) is 16.7. The number of ether oxygens (including phenoxy) is 1. The molecule has 1 saturated carbocycles. The van der Waals surface area contributed by atoms with Crippen molar-refractivity contribution >= 4 is 23.4 Å². The molecule has 0 saturated heterocycles. The molecular weight excluding hydrogens is 420 g/mol. The van der Waals surface area contributed by atoms with Crippen molar-refractivity contribution in [1.82, 2.24) is 15.5 Å². The van der Waals surface area contributed by atoms with Gasteiger partial charge in [-0.3, -0.25) is 9.59 Å². The highest BCUT2D eigenvalue weighted by Gasteiger charge is 2.42. The Bertz CT molecular complexity index is 1100. The third-order valence-corrected chi connectivity index (χ3v) is 5.71. The normalized spacial score (nSPS) is 20.4. The molecule has 0 aliphatic heterocycles. The zero-order valence-corrected chi connectivity index (χ0v) is 17.5. The minimum absolute atomic E-state index is 0.298. The fourth-order valence-corrected chi connectivity index (χ4v) is 4.07. The lowest BCUT2D eigenvalue weighted by molar-refractivity contribution is -0.121. The number of nitrogens with two attached hydrogens (primary N) is 1. The van der Waals surface area contributed by atoms with E-state index in [2.05, 4.69) is 15.5 Å². The van der Waals surface area contributed by atoms with Crippen LogP contribution >= 0.6 is 11.6 Å². The van der Waals surface area contributed by atoms with Gasteiger partial charge in [-0.2, -0.15) is 4.98 Å². The Morgan fingerprint density at radius 3 is 2.68 bits per heavy atom. The largest absolute Gasteiger partial charge is 0.496 e. The summed E-state index contributed by atoms with van der Waals surface area (Å²) in [5.74, 6) is -0.370. The number of halogens is 1. The summed E-state index contributed by atoms with van der Waals surface area (Å²) in [5.41, 5.74) is 6.66. The summed E-state index contributed by atoms with van der Waals surface area (Å²) >= 11 is 6.05. The van der Waals surface area contributed by atoms with Crippen molar-refractivity contribution in [3.63, 3.8) is 0 Å². The van der Waals surface area contributed by atoms with E-state index >= 15 is 0 Å². The Hall–Kier alpha value is -3.39. The molecule has 1 aliphatic carbocycles. The van der Waals surface area contributed by atoms with E-state index in [0.29, 0.717) is 40.9 Å². The van der Waals surface area contributed by atoms with Crippen LogP contribution < -0.4 is 15.8 Å². The first-order valence-corrected chi connectivity index (χ1v) is 10.2. The van der Waals surface area contributed by atoms with Gasteiger partial charge in [-0.15, -0.1) is 0 Å². The first-order valence-electron chi connectivity index (χ1n) is 9.79. The van der Waals surface area contributed by atoms with Crippen LogP contribution in [0, 0.1) is 5.92 Å². The molecule has 160 valence electrons. The van der Waals surface area contributed by atoms with Gasteiger partial charge >= 0.3 is 0 Å². The standard InChI is InChI=1S/C22H21ClN4O4/c1-30-18-8-7-14(23)11-16(18)21(29)25-17-10-13(19(24)28)9-15(17)22-26-20(27-31-22)12-5-3-2-4-6-12/h2-8,11,13,15,17H,9-10H2,1H3,(H2,24,28)(H,25,29). The van der Waals surface area contributed by atoms with E-state index in [9.17, 15) is 9.59 Å². The number of carbonyl (C=O) groups excluding carboxylic acids is 2. The molecule has 1 heterocycles. The van der Waals surface area contributed by atoms with E-state index in [-0.39, 0.29) is 11.8 Å². The predicted octanol–water partition coefficient (Wildman–Crippen LogP) is 3.18. The third-order valence-electron chi connectivity index (χ3n) is 5.48. The molecule has 3 N–H and O–H groups in total. The molecule has 1 aliphatic rings.